The number of hydrogen-bond acceptors (Lipinski definition) is 3. The molecule has 4 bridgehead atoms. The van der Waals surface area contributed by atoms with Gasteiger partial charge in [0.15, 0.2) is 0 Å². The topological polar surface area (TPSA) is 87.3 Å². The smallest absolute Gasteiger partial charge is 0.309 e. The highest BCUT2D eigenvalue weighted by Gasteiger charge is 2.51. The van der Waals surface area contributed by atoms with E-state index in [-0.39, 0.29) is 5.54 Å². The molecule has 6 heteroatoms. The molecule has 122 valence electrons. The van der Waals surface area contributed by atoms with E-state index in [4.69, 9.17) is 0 Å². The molecule has 22 heavy (non-hydrogen) atoms. The summed E-state index contributed by atoms with van der Waals surface area (Å²) in [4.78, 5) is 34.1. The second-order valence-electron chi connectivity index (χ2n) is 7.33. The molecule has 0 saturated heterocycles. The third-order valence-corrected chi connectivity index (χ3v) is 5.49. The quantitative estimate of drug-likeness (QED) is 0.375. The molecule has 0 radical (unpaired) electrons. The molecule has 0 aliphatic heterocycles. The van der Waals surface area contributed by atoms with Crippen molar-refractivity contribution in [2.45, 2.75) is 50.5 Å². The molecule has 0 spiro atoms. The lowest BCUT2D eigenvalue weighted by atomic mass is 9.53. The van der Waals surface area contributed by atoms with Gasteiger partial charge in [-0.15, -0.1) is 0 Å². The maximum Gasteiger partial charge on any atom is 0.309 e. The molecule has 4 aliphatic carbocycles. The minimum absolute atomic E-state index is 0.123. The van der Waals surface area contributed by atoms with Crippen LogP contribution in [0.15, 0.2) is 0 Å². The lowest BCUT2D eigenvalue weighted by Crippen LogP contribution is -2.61. The Morgan fingerprint density at radius 1 is 0.955 bits per heavy atom. The van der Waals surface area contributed by atoms with Crippen LogP contribution >= 0.6 is 0 Å². The van der Waals surface area contributed by atoms with E-state index in [2.05, 4.69) is 16.0 Å². The Morgan fingerprint density at radius 2 is 1.55 bits per heavy atom. The Bertz CT molecular complexity index is 428. The summed E-state index contributed by atoms with van der Waals surface area (Å²) in [5.41, 5.74) is -0.123. The predicted molar refractivity (Wildman–Crippen MR) is 80.7 cm³/mol. The van der Waals surface area contributed by atoms with Gasteiger partial charge in [-0.05, 0) is 62.7 Å². The zero-order valence-electron chi connectivity index (χ0n) is 12.9. The summed E-state index contributed by atoms with van der Waals surface area (Å²) < 4.78 is 0. The molecule has 0 heterocycles. The summed E-state index contributed by atoms with van der Waals surface area (Å²) in [7, 11) is 0. The van der Waals surface area contributed by atoms with E-state index in [9.17, 15) is 14.4 Å². The van der Waals surface area contributed by atoms with Gasteiger partial charge in [-0.3, -0.25) is 14.4 Å². The van der Waals surface area contributed by atoms with E-state index >= 15 is 0 Å². The van der Waals surface area contributed by atoms with Crippen LogP contribution in [0.25, 0.3) is 0 Å². The minimum Gasteiger partial charge on any atom is -0.359 e. The average Bonchev–Trinajstić information content (AvgIpc) is 2.44. The summed E-state index contributed by atoms with van der Waals surface area (Å²) in [5, 5.41) is 8.19. The largest absolute Gasteiger partial charge is 0.359 e. The third-order valence-electron chi connectivity index (χ3n) is 5.49. The number of rotatable bonds is 6. The number of carbonyl (C=O) groups excluding carboxylic acids is 3. The predicted octanol–water partition coefficient (Wildman–Crippen LogP) is 0.324. The van der Waals surface area contributed by atoms with Crippen molar-refractivity contribution in [3.63, 3.8) is 0 Å². The van der Waals surface area contributed by atoms with Crippen LogP contribution < -0.4 is 16.0 Å². The molecule has 4 rings (SSSR count). The SMILES string of the molecule is O=CNCCCNC(=O)C(=O)NC12CC3CC(CC(C3)C1)C2. The highest BCUT2D eigenvalue weighted by atomic mass is 16.2. The number of hydrogen-bond donors (Lipinski definition) is 3. The molecule has 0 atom stereocenters. The first-order chi connectivity index (χ1) is 10.6. The maximum atomic E-state index is 12.2. The van der Waals surface area contributed by atoms with E-state index in [1.807, 2.05) is 0 Å². The summed E-state index contributed by atoms with van der Waals surface area (Å²) in [5.74, 6) is 1.17. The minimum atomic E-state index is -0.554. The summed E-state index contributed by atoms with van der Waals surface area (Å²) in [6.45, 7) is 0.897. The fourth-order valence-electron chi connectivity index (χ4n) is 5.09. The van der Waals surface area contributed by atoms with Crippen molar-refractivity contribution in [3.8, 4) is 0 Å². The molecule has 4 fully saturated rings. The van der Waals surface area contributed by atoms with Crippen LogP contribution in [0.3, 0.4) is 0 Å². The van der Waals surface area contributed by atoms with Crippen molar-refractivity contribution in [2.75, 3.05) is 13.1 Å². The fraction of sp³-hybridized carbons (Fsp3) is 0.812. The molecule has 6 nitrogen and oxygen atoms in total. The lowest BCUT2D eigenvalue weighted by molar-refractivity contribution is -0.142. The maximum absolute atomic E-state index is 12.2. The van der Waals surface area contributed by atoms with Crippen molar-refractivity contribution in [1.29, 1.82) is 0 Å². The zero-order valence-corrected chi connectivity index (χ0v) is 12.9. The van der Waals surface area contributed by atoms with E-state index in [1.54, 1.807) is 0 Å². The first-order valence-electron chi connectivity index (χ1n) is 8.37. The van der Waals surface area contributed by atoms with Crippen LogP contribution in [-0.4, -0.2) is 36.9 Å². The Balaban J connectivity index is 1.47. The van der Waals surface area contributed by atoms with Gasteiger partial charge in [0.2, 0.25) is 6.41 Å². The van der Waals surface area contributed by atoms with Crippen LogP contribution in [0.4, 0.5) is 0 Å². The molecular formula is C16H25N3O3. The van der Waals surface area contributed by atoms with E-state index in [1.165, 1.54) is 19.3 Å². The second kappa shape index (κ2) is 6.26. The highest BCUT2D eigenvalue weighted by Crippen LogP contribution is 2.55. The highest BCUT2D eigenvalue weighted by molar-refractivity contribution is 6.35. The van der Waals surface area contributed by atoms with E-state index in [0.717, 1.165) is 37.0 Å². The average molecular weight is 307 g/mol. The summed E-state index contributed by atoms with van der Waals surface area (Å²) >= 11 is 0. The van der Waals surface area contributed by atoms with E-state index < -0.39 is 11.8 Å². The van der Waals surface area contributed by atoms with Gasteiger partial charge >= 0.3 is 11.8 Å². The lowest BCUT2D eigenvalue weighted by Gasteiger charge is -2.56. The summed E-state index contributed by atoms with van der Waals surface area (Å²) in [6.07, 6.45) is 8.31. The Morgan fingerprint density at radius 3 is 2.09 bits per heavy atom. The Labute approximate surface area is 130 Å². The molecule has 4 saturated carbocycles. The van der Waals surface area contributed by atoms with Gasteiger partial charge in [-0.25, -0.2) is 0 Å². The van der Waals surface area contributed by atoms with Gasteiger partial charge in [0.25, 0.3) is 0 Å². The van der Waals surface area contributed by atoms with Gasteiger partial charge in [0, 0.05) is 18.6 Å². The van der Waals surface area contributed by atoms with Crippen LogP contribution in [-0.2, 0) is 14.4 Å². The standard InChI is InChI=1S/C16H25N3O3/c20-10-17-2-1-3-18-14(21)15(22)19-16-7-11-4-12(8-16)6-13(5-11)9-16/h10-13H,1-9H2,(H,17,20)(H,18,21)(H,19,22). The van der Waals surface area contributed by atoms with Gasteiger partial charge < -0.3 is 16.0 Å². The Hall–Kier alpha value is -1.59. The van der Waals surface area contributed by atoms with Crippen molar-refractivity contribution < 1.29 is 14.4 Å². The van der Waals surface area contributed by atoms with Crippen molar-refractivity contribution in [3.05, 3.63) is 0 Å². The summed E-state index contributed by atoms with van der Waals surface area (Å²) in [6, 6.07) is 0. The molecule has 0 aromatic heterocycles. The molecule has 4 aliphatic rings. The first kappa shape index (κ1) is 15.3. The normalized spacial score (nSPS) is 35.0. The molecule has 0 unspecified atom stereocenters. The molecule has 0 aromatic rings. The first-order valence-corrected chi connectivity index (χ1v) is 8.37. The van der Waals surface area contributed by atoms with Gasteiger partial charge in [-0.2, -0.15) is 0 Å². The molecule has 3 amide bonds. The molecular weight excluding hydrogens is 282 g/mol. The van der Waals surface area contributed by atoms with Crippen LogP contribution in [0, 0.1) is 17.8 Å². The monoisotopic (exact) mass is 307 g/mol. The van der Waals surface area contributed by atoms with Gasteiger partial charge in [0.1, 0.15) is 0 Å². The zero-order chi connectivity index (χ0) is 15.6. The van der Waals surface area contributed by atoms with Crippen LogP contribution in [0.1, 0.15) is 44.9 Å². The number of amides is 3. The fourth-order valence-corrected chi connectivity index (χ4v) is 5.09. The molecule has 0 aromatic carbocycles. The third kappa shape index (κ3) is 3.25. The van der Waals surface area contributed by atoms with Crippen LogP contribution in [0.5, 0.6) is 0 Å². The van der Waals surface area contributed by atoms with E-state index in [0.29, 0.717) is 25.9 Å². The number of carbonyl (C=O) groups is 3. The van der Waals surface area contributed by atoms with Crippen molar-refractivity contribution in [2.24, 2.45) is 17.8 Å². The van der Waals surface area contributed by atoms with Crippen LogP contribution in [0.2, 0.25) is 0 Å². The van der Waals surface area contributed by atoms with Crippen molar-refractivity contribution >= 4 is 18.2 Å². The Kier molecular flexibility index (Phi) is 4.36. The second-order valence-corrected chi connectivity index (χ2v) is 7.33. The number of nitrogens with one attached hydrogen (secondary N) is 3. The van der Waals surface area contributed by atoms with Gasteiger partial charge in [0.05, 0.1) is 0 Å². The molecule has 3 N–H and O–H groups in total. The van der Waals surface area contributed by atoms with Crippen molar-refractivity contribution in [1.82, 2.24) is 16.0 Å². The van der Waals surface area contributed by atoms with Gasteiger partial charge in [-0.1, -0.05) is 0 Å².